The van der Waals surface area contributed by atoms with E-state index in [0.717, 1.165) is 27.7 Å². The highest BCUT2D eigenvalue weighted by molar-refractivity contribution is 5.93. The van der Waals surface area contributed by atoms with Crippen LogP contribution in [0.4, 0.5) is 5.69 Å². The van der Waals surface area contributed by atoms with Crippen LogP contribution in [0.2, 0.25) is 0 Å². The molecular formula is C20H20N4O2. The molecule has 0 amide bonds. The van der Waals surface area contributed by atoms with Gasteiger partial charge >= 0.3 is 0 Å². The van der Waals surface area contributed by atoms with Crippen molar-refractivity contribution in [1.29, 1.82) is 5.26 Å². The summed E-state index contributed by atoms with van der Waals surface area (Å²) < 4.78 is 10.7. The second-order valence-corrected chi connectivity index (χ2v) is 6.08. The molecule has 0 aliphatic heterocycles. The molecule has 0 aliphatic carbocycles. The van der Waals surface area contributed by atoms with E-state index in [1.165, 1.54) is 0 Å². The lowest BCUT2D eigenvalue weighted by Crippen LogP contribution is -2.19. The van der Waals surface area contributed by atoms with Crippen LogP contribution in [0.5, 0.6) is 11.5 Å². The highest BCUT2D eigenvalue weighted by Gasteiger charge is 2.16. The van der Waals surface area contributed by atoms with Gasteiger partial charge < -0.3 is 14.4 Å². The lowest BCUT2D eigenvalue weighted by Gasteiger charge is -2.22. The molecule has 0 fully saturated rings. The molecule has 0 atom stereocenters. The maximum absolute atomic E-state index is 9.50. The summed E-state index contributed by atoms with van der Waals surface area (Å²) in [6, 6.07) is 13.9. The fraction of sp³-hybridized carbons (Fsp3) is 0.250. The Bertz CT molecular complexity index is 995. The van der Waals surface area contributed by atoms with Crippen LogP contribution in [0.3, 0.4) is 0 Å². The van der Waals surface area contributed by atoms with E-state index in [9.17, 15) is 5.26 Å². The Hall–Kier alpha value is -3.33. The number of methoxy groups -OCH3 is 2. The van der Waals surface area contributed by atoms with E-state index >= 15 is 0 Å². The summed E-state index contributed by atoms with van der Waals surface area (Å²) in [6.07, 6.45) is 0. The van der Waals surface area contributed by atoms with Crippen LogP contribution in [0.15, 0.2) is 36.4 Å². The smallest absolute Gasteiger partial charge is 0.187 e. The molecule has 0 N–H and O–H groups in total. The van der Waals surface area contributed by atoms with Crippen molar-refractivity contribution in [2.24, 2.45) is 0 Å². The molecule has 0 unspecified atom stereocenters. The summed E-state index contributed by atoms with van der Waals surface area (Å²) >= 11 is 0. The molecule has 132 valence electrons. The van der Waals surface area contributed by atoms with Crippen LogP contribution in [0.25, 0.3) is 10.9 Å². The molecule has 6 nitrogen and oxygen atoms in total. The summed E-state index contributed by atoms with van der Waals surface area (Å²) in [5, 5.41) is 18.7. The molecular weight excluding hydrogens is 328 g/mol. The van der Waals surface area contributed by atoms with Crippen LogP contribution in [-0.2, 0) is 6.54 Å². The van der Waals surface area contributed by atoms with E-state index in [1.807, 2.05) is 55.3 Å². The average molecular weight is 348 g/mol. The molecule has 26 heavy (non-hydrogen) atoms. The van der Waals surface area contributed by atoms with Crippen LogP contribution >= 0.6 is 0 Å². The van der Waals surface area contributed by atoms with Crippen LogP contribution < -0.4 is 14.4 Å². The normalized spacial score (nSPS) is 10.4. The lowest BCUT2D eigenvalue weighted by atomic mass is 10.1. The van der Waals surface area contributed by atoms with Gasteiger partial charge in [-0.25, -0.2) is 0 Å². The van der Waals surface area contributed by atoms with Crippen molar-refractivity contribution in [2.75, 3.05) is 26.2 Å². The molecule has 0 bridgehead atoms. The number of ether oxygens (including phenoxy) is 2. The molecule has 3 aromatic rings. The number of hydrogen-bond donors (Lipinski definition) is 0. The molecule has 0 saturated heterocycles. The molecule has 0 saturated carbocycles. The predicted molar refractivity (Wildman–Crippen MR) is 101 cm³/mol. The standard InChI is InChI=1S/C20H20N4O2/c1-13-5-7-16-15(9-13)20(17(11-21)23-22-16)24(2)12-14-6-8-18(25-3)19(10-14)26-4/h5-10H,12H2,1-4H3. The van der Waals surface area contributed by atoms with Gasteiger partial charge in [-0.05, 0) is 36.8 Å². The summed E-state index contributed by atoms with van der Waals surface area (Å²) in [4.78, 5) is 2.01. The Balaban J connectivity index is 2.04. The van der Waals surface area contributed by atoms with Crippen molar-refractivity contribution in [1.82, 2.24) is 10.2 Å². The van der Waals surface area contributed by atoms with E-state index in [0.29, 0.717) is 23.7 Å². The Labute approximate surface area is 152 Å². The zero-order valence-electron chi connectivity index (χ0n) is 15.3. The van der Waals surface area contributed by atoms with E-state index in [-0.39, 0.29) is 0 Å². The first-order chi connectivity index (χ1) is 12.6. The maximum Gasteiger partial charge on any atom is 0.187 e. The molecule has 0 spiro atoms. The molecule has 1 heterocycles. The Morgan fingerprint density at radius 1 is 1.04 bits per heavy atom. The second-order valence-electron chi connectivity index (χ2n) is 6.08. The second kappa shape index (κ2) is 7.28. The summed E-state index contributed by atoms with van der Waals surface area (Å²) in [7, 11) is 5.17. The Kier molecular flexibility index (Phi) is 4.90. The fourth-order valence-corrected chi connectivity index (χ4v) is 3.00. The monoisotopic (exact) mass is 348 g/mol. The topological polar surface area (TPSA) is 71.3 Å². The first-order valence-corrected chi connectivity index (χ1v) is 8.16. The summed E-state index contributed by atoms with van der Waals surface area (Å²) in [6.45, 7) is 2.60. The minimum absolute atomic E-state index is 0.311. The molecule has 0 aliphatic rings. The van der Waals surface area contributed by atoms with Crippen LogP contribution in [0.1, 0.15) is 16.8 Å². The third-order valence-electron chi connectivity index (χ3n) is 4.24. The number of fused-ring (bicyclic) bond motifs is 1. The Morgan fingerprint density at radius 3 is 2.50 bits per heavy atom. The van der Waals surface area contributed by atoms with E-state index in [2.05, 4.69) is 16.3 Å². The van der Waals surface area contributed by atoms with Gasteiger partial charge in [-0.15, -0.1) is 10.2 Å². The van der Waals surface area contributed by atoms with Crippen molar-refractivity contribution >= 4 is 16.6 Å². The van der Waals surface area contributed by atoms with Crippen molar-refractivity contribution < 1.29 is 9.47 Å². The number of aromatic nitrogens is 2. The molecule has 2 aromatic carbocycles. The third-order valence-corrected chi connectivity index (χ3v) is 4.24. The molecule has 3 rings (SSSR count). The van der Waals surface area contributed by atoms with Crippen molar-refractivity contribution in [3.05, 3.63) is 53.2 Å². The predicted octanol–water partition coefficient (Wildman–Crippen LogP) is 3.46. The number of aryl methyl sites for hydroxylation is 1. The van der Waals surface area contributed by atoms with Gasteiger partial charge in [-0.1, -0.05) is 17.7 Å². The first kappa shape index (κ1) is 17.5. The van der Waals surface area contributed by atoms with Gasteiger partial charge in [0.25, 0.3) is 0 Å². The van der Waals surface area contributed by atoms with Gasteiger partial charge in [0.05, 0.1) is 25.4 Å². The number of nitrogens with zero attached hydrogens (tertiary/aromatic N) is 4. The van der Waals surface area contributed by atoms with E-state index < -0.39 is 0 Å². The lowest BCUT2D eigenvalue weighted by molar-refractivity contribution is 0.354. The highest BCUT2D eigenvalue weighted by Crippen LogP contribution is 2.31. The van der Waals surface area contributed by atoms with Gasteiger partial charge in [-0.2, -0.15) is 5.26 Å². The van der Waals surface area contributed by atoms with Crippen LogP contribution in [0, 0.1) is 18.3 Å². The zero-order chi connectivity index (χ0) is 18.7. The van der Waals surface area contributed by atoms with Gasteiger partial charge in [0.1, 0.15) is 6.07 Å². The van der Waals surface area contributed by atoms with E-state index in [4.69, 9.17) is 9.47 Å². The van der Waals surface area contributed by atoms with Gasteiger partial charge in [0.2, 0.25) is 0 Å². The minimum Gasteiger partial charge on any atom is -0.493 e. The van der Waals surface area contributed by atoms with Gasteiger partial charge in [0.15, 0.2) is 17.2 Å². The Morgan fingerprint density at radius 2 is 1.81 bits per heavy atom. The fourth-order valence-electron chi connectivity index (χ4n) is 3.00. The van der Waals surface area contributed by atoms with Gasteiger partial charge in [0, 0.05) is 19.0 Å². The summed E-state index contributed by atoms with van der Waals surface area (Å²) in [5.41, 5.74) is 3.99. The maximum atomic E-state index is 9.50. The number of anilines is 1. The largest absolute Gasteiger partial charge is 0.493 e. The number of nitriles is 1. The third kappa shape index (κ3) is 3.24. The van der Waals surface area contributed by atoms with Crippen LogP contribution in [-0.4, -0.2) is 31.5 Å². The SMILES string of the molecule is COc1ccc(CN(C)c2c(C#N)nnc3ccc(C)cc23)cc1OC. The van der Waals surface area contributed by atoms with Crippen molar-refractivity contribution in [3.8, 4) is 17.6 Å². The quantitative estimate of drug-likeness (QED) is 0.703. The highest BCUT2D eigenvalue weighted by atomic mass is 16.5. The number of benzene rings is 2. The zero-order valence-corrected chi connectivity index (χ0v) is 15.3. The van der Waals surface area contributed by atoms with Gasteiger partial charge in [-0.3, -0.25) is 0 Å². The first-order valence-electron chi connectivity index (χ1n) is 8.16. The minimum atomic E-state index is 0.311. The van der Waals surface area contributed by atoms with E-state index in [1.54, 1.807) is 14.2 Å². The molecule has 6 heteroatoms. The van der Waals surface area contributed by atoms with Crippen molar-refractivity contribution in [3.63, 3.8) is 0 Å². The average Bonchev–Trinajstić information content (AvgIpc) is 2.66. The number of hydrogen-bond acceptors (Lipinski definition) is 6. The summed E-state index contributed by atoms with van der Waals surface area (Å²) in [5.74, 6) is 1.36. The molecule has 1 aromatic heterocycles. The number of rotatable bonds is 5. The molecule has 0 radical (unpaired) electrons. The van der Waals surface area contributed by atoms with Crippen molar-refractivity contribution in [2.45, 2.75) is 13.5 Å².